The van der Waals surface area contributed by atoms with Crippen molar-refractivity contribution in [1.82, 2.24) is 0 Å². The number of rotatable bonds is 8. The first-order valence-electron chi connectivity index (χ1n) is 11.0. The van der Waals surface area contributed by atoms with Gasteiger partial charge in [-0.2, -0.15) is 47.9 Å². The minimum atomic E-state index is -7.29. The first-order chi connectivity index (χ1) is 15.0. The van der Waals surface area contributed by atoms with Gasteiger partial charge >= 0.3 is 33.4 Å². The van der Waals surface area contributed by atoms with Gasteiger partial charge in [-0.05, 0) is 38.5 Å². The lowest BCUT2D eigenvalue weighted by atomic mass is 10.1. The summed E-state index contributed by atoms with van der Waals surface area (Å²) in [7, 11) is -9.90. The Morgan fingerprint density at radius 2 is 0.848 bits per heavy atom. The lowest BCUT2D eigenvalue weighted by Gasteiger charge is -2.52. The van der Waals surface area contributed by atoms with Crippen LogP contribution in [0.1, 0.15) is 77.0 Å². The fourth-order valence-corrected chi connectivity index (χ4v) is 13.7. The van der Waals surface area contributed by atoms with Gasteiger partial charge in [0.2, 0.25) is 0 Å². The van der Waals surface area contributed by atoms with Crippen molar-refractivity contribution in [1.29, 1.82) is 0 Å². The molecule has 196 valence electrons. The Balaban J connectivity index is 2.09. The number of hydrogen-bond acceptors (Lipinski definition) is 3. The van der Waals surface area contributed by atoms with Gasteiger partial charge in [0, 0.05) is 15.7 Å². The third kappa shape index (κ3) is 4.27. The average Bonchev–Trinajstić information content (AvgIpc) is 3.49. The smallest absolute Gasteiger partial charge is 0.214 e. The number of alkyl halides is 9. The van der Waals surface area contributed by atoms with E-state index in [1.54, 1.807) is 0 Å². The van der Waals surface area contributed by atoms with Gasteiger partial charge in [0.25, 0.3) is 0 Å². The Morgan fingerprint density at radius 1 is 0.545 bits per heavy atom. The zero-order valence-electron chi connectivity index (χ0n) is 17.7. The van der Waals surface area contributed by atoms with E-state index in [4.69, 9.17) is 3.63 Å². The number of hydrogen-bond donors (Lipinski definition) is 0. The minimum absolute atomic E-state index is 0.415. The molecule has 0 heterocycles. The van der Waals surface area contributed by atoms with Gasteiger partial charge in [-0.3, -0.25) is 0 Å². The summed E-state index contributed by atoms with van der Waals surface area (Å²) in [6.07, 6.45) is -0.765. The van der Waals surface area contributed by atoms with E-state index in [-0.39, 0.29) is 0 Å². The van der Waals surface area contributed by atoms with Gasteiger partial charge in [-0.25, -0.2) is 3.63 Å². The van der Waals surface area contributed by atoms with Crippen molar-refractivity contribution >= 4 is 20.4 Å². The second-order valence-corrected chi connectivity index (χ2v) is 14.5. The largest absolute Gasteiger partial charge is 0.460 e. The Hall–Kier alpha value is -0.370. The average molecular weight is 539 g/mol. The van der Waals surface area contributed by atoms with Crippen LogP contribution in [0.15, 0.2) is 0 Å². The summed E-state index contributed by atoms with van der Waals surface area (Å²) in [6.45, 7) is 0. The van der Waals surface area contributed by atoms with E-state index in [9.17, 15) is 47.9 Å². The zero-order valence-corrected chi connectivity index (χ0v) is 19.3. The highest BCUT2D eigenvalue weighted by Gasteiger charge is 2.86. The molecular formula is C19H27F9O3S2. The van der Waals surface area contributed by atoms with E-state index >= 15 is 0 Å². The molecule has 0 aromatic carbocycles. The monoisotopic (exact) mass is 538 g/mol. The maximum absolute atomic E-state index is 14.6. The Morgan fingerprint density at radius 3 is 1.12 bits per heavy atom. The second-order valence-electron chi connectivity index (χ2n) is 9.10. The molecule has 0 spiro atoms. The van der Waals surface area contributed by atoms with E-state index in [0.717, 1.165) is 0 Å². The van der Waals surface area contributed by atoms with Crippen LogP contribution in [0, 0.1) is 0 Å². The van der Waals surface area contributed by atoms with Gasteiger partial charge in [-0.1, -0.05) is 38.5 Å². The Labute approximate surface area is 188 Å². The quantitative estimate of drug-likeness (QED) is 0.305. The lowest BCUT2D eigenvalue weighted by Crippen LogP contribution is -2.63. The molecule has 0 aliphatic heterocycles. The van der Waals surface area contributed by atoms with Crippen LogP contribution in [0.2, 0.25) is 0 Å². The highest BCUT2D eigenvalue weighted by molar-refractivity contribution is 8.34. The van der Waals surface area contributed by atoms with Crippen LogP contribution in [0.4, 0.5) is 39.5 Å². The molecule has 0 aromatic heterocycles. The molecule has 0 N–H and O–H groups in total. The molecular weight excluding hydrogens is 511 g/mol. The summed E-state index contributed by atoms with van der Waals surface area (Å²) < 4.78 is 152. The molecule has 3 rings (SSSR count). The molecule has 0 amide bonds. The molecule has 0 unspecified atom stereocenters. The summed E-state index contributed by atoms with van der Waals surface area (Å²) in [5, 5.41) is -8.31. The van der Waals surface area contributed by atoms with Crippen LogP contribution in [-0.4, -0.2) is 47.4 Å². The van der Waals surface area contributed by atoms with Crippen molar-refractivity contribution in [2.24, 2.45) is 0 Å². The Bertz CT molecular complexity index is 755. The van der Waals surface area contributed by atoms with Gasteiger partial charge in [0.05, 0.1) is 0 Å². The fraction of sp³-hybridized carbons (Fsp3) is 1.00. The zero-order chi connectivity index (χ0) is 24.9. The van der Waals surface area contributed by atoms with Crippen LogP contribution in [0.3, 0.4) is 0 Å². The van der Waals surface area contributed by atoms with Crippen molar-refractivity contribution in [3.8, 4) is 0 Å². The molecule has 3 nitrogen and oxygen atoms in total. The second kappa shape index (κ2) is 8.94. The normalized spacial score (nSPS) is 24.2. The molecule has 3 aliphatic rings. The third-order valence-electron chi connectivity index (χ3n) is 7.11. The molecule has 14 heteroatoms. The van der Waals surface area contributed by atoms with Gasteiger partial charge in [0.1, 0.15) is 0 Å². The maximum Gasteiger partial charge on any atom is 0.460 e. The van der Waals surface area contributed by atoms with Crippen molar-refractivity contribution < 1.29 is 51.6 Å². The van der Waals surface area contributed by atoms with Crippen LogP contribution >= 0.6 is 10.3 Å². The van der Waals surface area contributed by atoms with Gasteiger partial charge in [0.15, 0.2) is 0 Å². The predicted molar refractivity (Wildman–Crippen MR) is 105 cm³/mol. The highest BCUT2D eigenvalue weighted by atomic mass is 32.3. The van der Waals surface area contributed by atoms with Crippen LogP contribution < -0.4 is 0 Å². The van der Waals surface area contributed by atoms with E-state index in [1.165, 1.54) is 0 Å². The summed E-state index contributed by atoms with van der Waals surface area (Å²) in [4.78, 5) is 0. The first-order valence-corrected chi connectivity index (χ1v) is 14.1. The van der Waals surface area contributed by atoms with Crippen LogP contribution in [0.25, 0.3) is 0 Å². The highest BCUT2D eigenvalue weighted by Crippen LogP contribution is 2.73. The topological polar surface area (TPSA) is 43.4 Å². The minimum Gasteiger partial charge on any atom is -0.214 e. The van der Waals surface area contributed by atoms with E-state index in [2.05, 4.69) is 0 Å². The van der Waals surface area contributed by atoms with Crippen LogP contribution in [-0.2, 0) is 13.7 Å². The molecule has 0 radical (unpaired) electrons. The summed E-state index contributed by atoms with van der Waals surface area (Å²) in [5.74, 6) is -14.5. The number of halogens is 9. The Kier molecular flexibility index (Phi) is 7.37. The maximum atomic E-state index is 14.6. The standard InChI is InChI=1S/C19H27F9O3S2/c20-16(21,18(24,25)26)17(22,23)19(27,28)33(29,30)31-32(13-7-1-2-8-13,14-9-3-4-10-14)15-11-5-6-12-15/h13-15H,1-12H2. The molecule has 0 bridgehead atoms. The summed E-state index contributed by atoms with van der Waals surface area (Å²) in [6, 6.07) is 0. The predicted octanol–water partition coefficient (Wildman–Crippen LogP) is 7.31. The fourth-order valence-electron chi connectivity index (χ4n) is 5.47. The van der Waals surface area contributed by atoms with Crippen LogP contribution in [0.5, 0.6) is 0 Å². The van der Waals surface area contributed by atoms with Crippen molar-refractivity contribution in [3.63, 3.8) is 0 Å². The lowest BCUT2D eigenvalue weighted by molar-refractivity contribution is -0.382. The molecule has 3 saturated carbocycles. The van der Waals surface area contributed by atoms with Crippen molar-refractivity contribution in [2.45, 2.75) is 116 Å². The molecule has 0 atom stereocenters. The van der Waals surface area contributed by atoms with E-state index < -0.39 is 59.5 Å². The molecule has 3 aliphatic carbocycles. The molecule has 0 aromatic rings. The van der Waals surface area contributed by atoms with E-state index in [1.807, 2.05) is 0 Å². The molecule has 33 heavy (non-hydrogen) atoms. The van der Waals surface area contributed by atoms with Crippen molar-refractivity contribution in [3.05, 3.63) is 0 Å². The van der Waals surface area contributed by atoms with Crippen molar-refractivity contribution in [2.75, 3.05) is 0 Å². The molecule has 0 saturated heterocycles. The summed E-state index contributed by atoms with van der Waals surface area (Å²) >= 11 is 0. The first kappa shape index (κ1) is 27.2. The summed E-state index contributed by atoms with van der Waals surface area (Å²) in [5.41, 5.74) is 0. The SMILES string of the molecule is O=S(=O)(OS(C1CCCC1)(C1CCCC1)C1CCCC1)C(F)(F)C(F)(F)C(F)(F)C(F)(F)F. The van der Waals surface area contributed by atoms with Gasteiger partial charge in [-0.15, -0.1) is 10.3 Å². The van der Waals surface area contributed by atoms with Gasteiger partial charge < -0.3 is 0 Å². The molecule has 3 fully saturated rings. The third-order valence-corrected chi connectivity index (χ3v) is 14.2. The van der Waals surface area contributed by atoms with E-state index in [0.29, 0.717) is 77.0 Å².